The van der Waals surface area contributed by atoms with Crippen molar-refractivity contribution in [3.63, 3.8) is 0 Å². The van der Waals surface area contributed by atoms with Crippen LogP contribution in [-0.2, 0) is 11.3 Å². The second kappa shape index (κ2) is 7.23. The molecule has 0 aliphatic carbocycles. The van der Waals surface area contributed by atoms with Crippen LogP contribution in [0.4, 0.5) is 15.2 Å². The number of anilines is 2. The van der Waals surface area contributed by atoms with Crippen LogP contribution in [0, 0.1) is 5.82 Å². The Bertz CT molecular complexity index is 1100. The molecule has 3 heterocycles. The molecule has 28 heavy (non-hydrogen) atoms. The largest absolute Gasteiger partial charge is 0.375 e. The highest BCUT2D eigenvalue weighted by Crippen LogP contribution is 2.28. The number of nitrogens with zero attached hydrogens (tertiary/aromatic N) is 4. The smallest absolute Gasteiger partial charge is 0.209 e. The van der Waals surface area contributed by atoms with Crippen LogP contribution in [-0.4, -0.2) is 47.0 Å². The van der Waals surface area contributed by atoms with Gasteiger partial charge in [0.25, 0.3) is 0 Å². The maximum absolute atomic E-state index is 14.9. The fourth-order valence-corrected chi connectivity index (χ4v) is 4.13. The van der Waals surface area contributed by atoms with Crippen LogP contribution in [0.5, 0.6) is 0 Å². The van der Waals surface area contributed by atoms with Gasteiger partial charge in [-0.2, -0.15) is 0 Å². The van der Waals surface area contributed by atoms with Gasteiger partial charge in [0.05, 0.1) is 22.5 Å². The van der Waals surface area contributed by atoms with Crippen molar-refractivity contribution in [2.24, 2.45) is 0 Å². The number of hydrogen-bond acceptors (Lipinski definition) is 6. The number of aryl methyl sites for hydroxylation is 1. The summed E-state index contributed by atoms with van der Waals surface area (Å²) in [6.45, 7) is 4.78. The van der Waals surface area contributed by atoms with Crippen LogP contribution in [0.25, 0.3) is 22.2 Å². The van der Waals surface area contributed by atoms with E-state index in [4.69, 9.17) is 5.73 Å². The summed E-state index contributed by atoms with van der Waals surface area (Å²) in [6.07, 6.45) is 2.57. The van der Waals surface area contributed by atoms with Crippen LogP contribution in [0.3, 0.4) is 0 Å². The predicted octanol–water partition coefficient (Wildman–Crippen LogP) is 2.14. The lowest BCUT2D eigenvalue weighted by atomic mass is 10.1. The van der Waals surface area contributed by atoms with E-state index in [1.807, 2.05) is 16.4 Å². The molecule has 0 radical (unpaired) electrons. The van der Waals surface area contributed by atoms with E-state index in [0.717, 1.165) is 6.41 Å². The molecular formula is C19H20FN5O2S. The standard InChI is InChI=1S/C19H20FN5O2S/c1-2-24-9-13(15-10-28-19(21)22-15)18(27)12-7-14(20)17(8-16(12)24)25-5-3-23(11-26)4-6-25/h7-11H,2-6H2,1H3,(H2,21,22). The van der Waals surface area contributed by atoms with Gasteiger partial charge in [-0.3, -0.25) is 9.59 Å². The van der Waals surface area contributed by atoms with Crippen molar-refractivity contribution in [1.82, 2.24) is 14.5 Å². The molecule has 1 fully saturated rings. The van der Waals surface area contributed by atoms with Crippen molar-refractivity contribution in [2.75, 3.05) is 36.8 Å². The van der Waals surface area contributed by atoms with Crippen LogP contribution in [0.15, 0.2) is 28.5 Å². The molecule has 0 spiro atoms. The zero-order valence-electron chi connectivity index (χ0n) is 15.4. The second-order valence-corrected chi connectivity index (χ2v) is 7.57. The molecule has 2 aromatic heterocycles. The molecule has 0 bridgehead atoms. The quantitative estimate of drug-likeness (QED) is 0.677. The van der Waals surface area contributed by atoms with Crippen LogP contribution < -0.4 is 16.1 Å². The number of carbonyl (C=O) groups is 1. The first-order valence-corrected chi connectivity index (χ1v) is 9.92. The summed E-state index contributed by atoms with van der Waals surface area (Å²) in [7, 11) is 0. The topological polar surface area (TPSA) is 84.5 Å². The van der Waals surface area contributed by atoms with Crippen molar-refractivity contribution >= 4 is 39.5 Å². The molecule has 0 saturated carbocycles. The third-order valence-corrected chi connectivity index (χ3v) is 5.77. The summed E-state index contributed by atoms with van der Waals surface area (Å²) in [5.74, 6) is -0.443. The van der Waals surface area contributed by atoms with Crippen molar-refractivity contribution in [3.05, 3.63) is 39.8 Å². The Labute approximate surface area is 164 Å². The number of fused-ring (bicyclic) bond motifs is 1. The molecule has 1 saturated heterocycles. The van der Waals surface area contributed by atoms with Crippen molar-refractivity contribution in [1.29, 1.82) is 0 Å². The lowest BCUT2D eigenvalue weighted by Crippen LogP contribution is -2.46. The Morgan fingerprint density at radius 1 is 1.29 bits per heavy atom. The maximum atomic E-state index is 14.9. The summed E-state index contributed by atoms with van der Waals surface area (Å²) in [5.41, 5.74) is 7.48. The van der Waals surface area contributed by atoms with Gasteiger partial charge in [-0.1, -0.05) is 0 Å². The average Bonchev–Trinajstić information content (AvgIpc) is 3.14. The Kier molecular flexibility index (Phi) is 4.76. The Hall–Kier alpha value is -2.94. The Morgan fingerprint density at radius 2 is 2.04 bits per heavy atom. The van der Waals surface area contributed by atoms with Gasteiger partial charge < -0.3 is 20.1 Å². The van der Waals surface area contributed by atoms with E-state index < -0.39 is 5.82 Å². The first-order valence-electron chi connectivity index (χ1n) is 9.04. The number of piperazine rings is 1. The molecule has 7 nitrogen and oxygen atoms in total. The number of thiazole rings is 1. The molecule has 1 aliphatic rings. The Balaban J connectivity index is 1.84. The zero-order valence-corrected chi connectivity index (χ0v) is 16.2. The fraction of sp³-hybridized carbons (Fsp3) is 0.316. The maximum Gasteiger partial charge on any atom is 0.209 e. The fourth-order valence-electron chi connectivity index (χ4n) is 3.57. The number of halogens is 1. The van der Waals surface area contributed by atoms with Gasteiger partial charge in [-0.25, -0.2) is 9.37 Å². The minimum Gasteiger partial charge on any atom is -0.375 e. The minimum absolute atomic E-state index is 0.263. The Morgan fingerprint density at radius 3 is 2.64 bits per heavy atom. The van der Waals surface area contributed by atoms with Gasteiger partial charge in [0.2, 0.25) is 6.41 Å². The van der Waals surface area contributed by atoms with E-state index in [1.165, 1.54) is 17.4 Å². The van der Waals surface area contributed by atoms with E-state index in [1.54, 1.807) is 22.5 Å². The van der Waals surface area contributed by atoms with Gasteiger partial charge in [-0.05, 0) is 19.1 Å². The van der Waals surface area contributed by atoms with Gasteiger partial charge in [0.1, 0.15) is 5.82 Å². The summed E-state index contributed by atoms with van der Waals surface area (Å²) in [4.78, 5) is 31.7. The lowest BCUT2D eigenvalue weighted by Gasteiger charge is -2.34. The van der Waals surface area contributed by atoms with Crippen molar-refractivity contribution < 1.29 is 9.18 Å². The highest BCUT2D eigenvalue weighted by molar-refractivity contribution is 7.13. The number of benzene rings is 1. The molecule has 0 unspecified atom stereocenters. The van der Waals surface area contributed by atoms with E-state index in [0.29, 0.717) is 65.7 Å². The number of aromatic nitrogens is 2. The zero-order chi connectivity index (χ0) is 19.8. The number of pyridine rings is 1. The molecule has 0 atom stereocenters. The summed E-state index contributed by atoms with van der Waals surface area (Å²) < 4.78 is 16.9. The van der Waals surface area contributed by atoms with E-state index in [-0.39, 0.29) is 5.43 Å². The monoisotopic (exact) mass is 401 g/mol. The number of rotatable bonds is 4. The first kappa shape index (κ1) is 18.4. The SMILES string of the molecule is CCn1cc(-c2csc(N)n2)c(=O)c2cc(F)c(N3CCN(C=O)CC3)cc21. The third-order valence-electron chi connectivity index (χ3n) is 5.09. The van der Waals surface area contributed by atoms with Crippen LogP contribution in [0.1, 0.15) is 6.92 Å². The highest BCUT2D eigenvalue weighted by Gasteiger charge is 2.21. The van der Waals surface area contributed by atoms with Gasteiger partial charge >= 0.3 is 0 Å². The number of nitrogens with two attached hydrogens (primary N) is 1. The summed E-state index contributed by atoms with van der Waals surface area (Å²) >= 11 is 1.26. The van der Waals surface area contributed by atoms with Crippen molar-refractivity contribution in [2.45, 2.75) is 13.5 Å². The molecule has 9 heteroatoms. The molecule has 3 aromatic rings. The molecule has 1 aliphatic heterocycles. The highest BCUT2D eigenvalue weighted by atomic mass is 32.1. The molecule has 4 rings (SSSR count). The number of hydrogen-bond donors (Lipinski definition) is 1. The number of nitrogen functional groups attached to an aromatic ring is 1. The summed E-state index contributed by atoms with van der Waals surface area (Å²) in [6, 6.07) is 3.04. The third kappa shape index (κ3) is 3.11. The molecule has 1 aromatic carbocycles. The van der Waals surface area contributed by atoms with Crippen molar-refractivity contribution in [3.8, 4) is 11.3 Å². The molecular weight excluding hydrogens is 381 g/mol. The average molecular weight is 401 g/mol. The second-order valence-electron chi connectivity index (χ2n) is 6.68. The van der Waals surface area contributed by atoms with Gasteiger partial charge in [0.15, 0.2) is 10.6 Å². The molecule has 2 N–H and O–H groups in total. The summed E-state index contributed by atoms with van der Waals surface area (Å²) in [5, 5.41) is 2.43. The van der Waals surface area contributed by atoms with E-state index in [9.17, 15) is 14.0 Å². The normalized spacial score (nSPS) is 14.6. The van der Waals surface area contributed by atoms with E-state index in [2.05, 4.69) is 4.98 Å². The van der Waals surface area contributed by atoms with Crippen LogP contribution >= 0.6 is 11.3 Å². The lowest BCUT2D eigenvalue weighted by molar-refractivity contribution is -0.118. The minimum atomic E-state index is -0.443. The van der Waals surface area contributed by atoms with Gasteiger partial charge in [-0.15, -0.1) is 11.3 Å². The number of carbonyl (C=O) groups excluding carboxylic acids is 1. The molecule has 1 amide bonds. The predicted molar refractivity (Wildman–Crippen MR) is 109 cm³/mol. The van der Waals surface area contributed by atoms with Gasteiger partial charge in [0, 0.05) is 49.7 Å². The molecule has 146 valence electrons. The van der Waals surface area contributed by atoms with E-state index >= 15 is 0 Å². The number of amides is 1. The first-order chi connectivity index (χ1) is 13.5. The van der Waals surface area contributed by atoms with Crippen LogP contribution in [0.2, 0.25) is 0 Å².